The number of carbonyl (C=O) groups excluding carboxylic acids is 1. The number of benzene rings is 1. The lowest BCUT2D eigenvalue weighted by atomic mass is 10.1. The van der Waals surface area contributed by atoms with Crippen LogP contribution in [0.4, 0.5) is 5.82 Å². The summed E-state index contributed by atoms with van der Waals surface area (Å²) in [7, 11) is 1.52. The largest absolute Gasteiger partial charge is 0.496 e. The summed E-state index contributed by atoms with van der Waals surface area (Å²) in [6, 6.07) is 6.71. The first kappa shape index (κ1) is 15.8. The van der Waals surface area contributed by atoms with Crippen LogP contribution in [-0.2, 0) is 11.3 Å². The quantitative estimate of drug-likeness (QED) is 0.912. The van der Waals surface area contributed by atoms with Gasteiger partial charge in [0.15, 0.2) is 0 Å². The fourth-order valence-electron chi connectivity index (χ4n) is 2.60. The SMILES string of the molecule is COc1ccc(Cl)cc1C(=O)Nc1ccnn1CC1CCOC1. The molecule has 0 bridgehead atoms. The van der Waals surface area contributed by atoms with E-state index in [-0.39, 0.29) is 5.91 Å². The predicted molar refractivity (Wildman–Crippen MR) is 87.1 cm³/mol. The number of methoxy groups -OCH3 is 1. The first-order chi connectivity index (χ1) is 11.2. The maximum Gasteiger partial charge on any atom is 0.260 e. The van der Waals surface area contributed by atoms with Crippen LogP contribution in [0.5, 0.6) is 5.75 Å². The Bertz CT molecular complexity index is 696. The summed E-state index contributed by atoms with van der Waals surface area (Å²) in [6.07, 6.45) is 2.68. The zero-order chi connectivity index (χ0) is 16.2. The minimum atomic E-state index is -0.284. The van der Waals surface area contributed by atoms with Crippen molar-refractivity contribution >= 4 is 23.3 Å². The van der Waals surface area contributed by atoms with E-state index in [2.05, 4.69) is 10.4 Å². The van der Waals surface area contributed by atoms with Crippen LogP contribution in [0.2, 0.25) is 5.02 Å². The van der Waals surface area contributed by atoms with Gasteiger partial charge in [-0.25, -0.2) is 4.68 Å². The standard InChI is InChI=1S/C16H18ClN3O3/c1-22-14-3-2-12(17)8-13(14)16(21)19-15-4-6-18-20(15)9-11-5-7-23-10-11/h2-4,6,8,11H,5,7,9-10H2,1H3,(H,19,21). The molecule has 1 unspecified atom stereocenters. The second-order valence-corrected chi connectivity index (χ2v) is 5.86. The molecule has 2 heterocycles. The van der Waals surface area contributed by atoms with Gasteiger partial charge in [-0.05, 0) is 24.6 Å². The number of hydrogen-bond donors (Lipinski definition) is 1. The molecule has 122 valence electrons. The van der Waals surface area contributed by atoms with Crippen LogP contribution in [0.1, 0.15) is 16.8 Å². The number of rotatable bonds is 5. The van der Waals surface area contributed by atoms with E-state index in [1.807, 2.05) is 0 Å². The molecule has 0 radical (unpaired) electrons. The molecule has 0 saturated carbocycles. The summed E-state index contributed by atoms with van der Waals surface area (Å²) in [5.41, 5.74) is 0.386. The highest BCUT2D eigenvalue weighted by atomic mass is 35.5. The smallest absolute Gasteiger partial charge is 0.260 e. The van der Waals surface area contributed by atoms with E-state index < -0.39 is 0 Å². The van der Waals surface area contributed by atoms with Crippen molar-refractivity contribution in [3.63, 3.8) is 0 Å². The van der Waals surface area contributed by atoms with Gasteiger partial charge in [0.05, 0.1) is 25.5 Å². The van der Waals surface area contributed by atoms with Crippen LogP contribution in [-0.4, -0.2) is 36.0 Å². The molecule has 1 aliphatic rings. The third-order valence-electron chi connectivity index (χ3n) is 3.82. The van der Waals surface area contributed by atoms with Crippen LogP contribution in [0.3, 0.4) is 0 Å². The van der Waals surface area contributed by atoms with Gasteiger partial charge in [0.25, 0.3) is 5.91 Å². The fourth-order valence-corrected chi connectivity index (χ4v) is 2.77. The Morgan fingerprint density at radius 2 is 2.39 bits per heavy atom. The van der Waals surface area contributed by atoms with E-state index in [0.717, 1.165) is 26.2 Å². The van der Waals surface area contributed by atoms with Crippen molar-refractivity contribution in [3.8, 4) is 5.75 Å². The normalized spacial score (nSPS) is 17.2. The number of amides is 1. The lowest BCUT2D eigenvalue weighted by molar-refractivity contribution is 0.102. The summed E-state index contributed by atoms with van der Waals surface area (Å²) in [5, 5.41) is 7.62. The van der Waals surface area contributed by atoms with Crippen LogP contribution < -0.4 is 10.1 Å². The zero-order valence-corrected chi connectivity index (χ0v) is 13.5. The molecule has 0 spiro atoms. The summed E-state index contributed by atoms with van der Waals surface area (Å²) in [4.78, 5) is 12.5. The molecule has 23 heavy (non-hydrogen) atoms. The minimum Gasteiger partial charge on any atom is -0.496 e. The van der Waals surface area contributed by atoms with Gasteiger partial charge in [-0.2, -0.15) is 5.10 Å². The monoisotopic (exact) mass is 335 g/mol. The number of halogens is 1. The van der Waals surface area contributed by atoms with E-state index >= 15 is 0 Å². The number of aromatic nitrogens is 2. The molecular formula is C16H18ClN3O3. The molecule has 7 heteroatoms. The molecule has 1 aromatic carbocycles. The number of hydrogen-bond acceptors (Lipinski definition) is 4. The lowest BCUT2D eigenvalue weighted by Crippen LogP contribution is -2.19. The summed E-state index contributed by atoms with van der Waals surface area (Å²) in [5.74, 6) is 1.26. The van der Waals surface area contributed by atoms with Gasteiger partial charge in [0.1, 0.15) is 11.6 Å². The Labute approximate surface area is 139 Å². The van der Waals surface area contributed by atoms with Gasteiger partial charge in [-0.3, -0.25) is 4.79 Å². The topological polar surface area (TPSA) is 65.4 Å². The molecule has 1 N–H and O–H groups in total. The third kappa shape index (κ3) is 3.65. The molecular weight excluding hydrogens is 318 g/mol. The molecule has 1 atom stereocenters. The Morgan fingerprint density at radius 3 is 3.13 bits per heavy atom. The van der Waals surface area contributed by atoms with Crippen molar-refractivity contribution < 1.29 is 14.3 Å². The minimum absolute atomic E-state index is 0.284. The van der Waals surface area contributed by atoms with Crippen molar-refractivity contribution in [2.24, 2.45) is 5.92 Å². The number of carbonyl (C=O) groups is 1. The average molecular weight is 336 g/mol. The zero-order valence-electron chi connectivity index (χ0n) is 12.8. The summed E-state index contributed by atoms with van der Waals surface area (Å²) >= 11 is 5.98. The van der Waals surface area contributed by atoms with Gasteiger partial charge >= 0.3 is 0 Å². The first-order valence-corrected chi connectivity index (χ1v) is 7.79. The van der Waals surface area contributed by atoms with Crippen LogP contribution >= 0.6 is 11.6 Å². The Kier molecular flexibility index (Phi) is 4.83. The van der Waals surface area contributed by atoms with E-state index in [4.69, 9.17) is 21.1 Å². The molecule has 1 saturated heterocycles. The van der Waals surface area contributed by atoms with Crippen molar-refractivity contribution in [2.45, 2.75) is 13.0 Å². The third-order valence-corrected chi connectivity index (χ3v) is 4.05. The maximum atomic E-state index is 12.5. The van der Waals surface area contributed by atoms with Crippen LogP contribution in [0.15, 0.2) is 30.5 Å². The van der Waals surface area contributed by atoms with Crippen molar-refractivity contribution in [1.29, 1.82) is 0 Å². The molecule has 1 amide bonds. The molecule has 1 aliphatic heterocycles. The van der Waals surface area contributed by atoms with E-state index in [9.17, 15) is 4.79 Å². The van der Waals surface area contributed by atoms with E-state index in [0.29, 0.717) is 28.1 Å². The second kappa shape index (κ2) is 7.02. The van der Waals surface area contributed by atoms with Crippen molar-refractivity contribution in [2.75, 3.05) is 25.6 Å². The molecule has 0 aliphatic carbocycles. The first-order valence-electron chi connectivity index (χ1n) is 7.42. The number of ether oxygens (including phenoxy) is 2. The fraction of sp³-hybridized carbons (Fsp3) is 0.375. The van der Waals surface area contributed by atoms with Crippen molar-refractivity contribution in [3.05, 3.63) is 41.0 Å². The highest BCUT2D eigenvalue weighted by Crippen LogP contribution is 2.24. The molecule has 6 nitrogen and oxygen atoms in total. The number of anilines is 1. The number of nitrogens with one attached hydrogen (secondary N) is 1. The lowest BCUT2D eigenvalue weighted by Gasteiger charge is -2.13. The molecule has 1 aromatic heterocycles. The van der Waals surface area contributed by atoms with Crippen LogP contribution in [0.25, 0.3) is 0 Å². The van der Waals surface area contributed by atoms with Crippen LogP contribution in [0, 0.1) is 5.92 Å². The second-order valence-electron chi connectivity index (χ2n) is 5.43. The Morgan fingerprint density at radius 1 is 1.52 bits per heavy atom. The molecule has 3 rings (SSSR count). The van der Waals surface area contributed by atoms with Gasteiger partial charge in [-0.15, -0.1) is 0 Å². The van der Waals surface area contributed by atoms with E-state index in [1.165, 1.54) is 7.11 Å². The predicted octanol–water partition coefficient (Wildman–Crippen LogP) is 2.83. The van der Waals surface area contributed by atoms with Gasteiger partial charge < -0.3 is 14.8 Å². The average Bonchev–Trinajstić information content (AvgIpc) is 3.20. The summed E-state index contributed by atoms with van der Waals surface area (Å²) < 4.78 is 12.4. The molecule has 1 fully saturated rings. The van der Waals surface area contributed by atoms with Gasteiger partial charge in [-0.1, -0.05) is 11.6 Å². The maximum absolute atomic E-state index is 12.5. The van der Waals surface area contributed by atoms with Gasteiger partial charge in [0, 0.05) is 30.2 Å². The highest BCUT2D eigenvalue weighted by Gasteiger charge is 2.19. The Hall–Kier alpha value is -2.05. The summed E-state index contributed by atoms with van der Waals surface area (Å²) in [6.45, 7) is 2.23. The van der Waals surface area contributed by atoms with Crippen molar-refractivity contribution in [1.82, 2.24) is 9.78 Å². The highest BCUT2D eigenvalue weighted by molar-refractivity contribution is 6.31. The van der Waals surface area contributed by atoms with E-state index in [1.54, 1.807) is 35.1 Å². The Balaban J connectivity index is 1.76. The van der Waals surface area contributed by atoms with Gasteiger partial charge in [0.2, 0.25) is 0 Å². The molecule has 2 aromatic rings. The number of nitrogens with zero attached hydrogens (tertiary/aromatic N) is 2.